The minimum absolute atomic E-state index is 0.0531. The molecule has 1 saturated heterocycles. The van der Waals surface area contributed by atoms with Crippen LogP contribution >= 0.6 is 0 Å². The highest BCUT2D eigenvalue weighted by atomic mass is 16.6. The van der Waals surface area contributed by atoms with E-state index < -0.39 is 6.04 Å². The smallest absolute Gasteiger partial charge is 0.237 e. The first-order valence-electron chi connectivity index (χ1n) is 4.83. The van der Waals surface area contributed by atoms with Crippen LogP contribution in [0.25, 0.3) is 0 Å². The van der Waals surface area contributed by atoms with E-state index in [1.807, 2.05) is 20.8 Å². The normalized spacial score (nSPS) is 32.3. The number of likely N-dealkylation sites (tertiary alicyclic amines) is 1. The summed E-state index contributed by atoms with van der Waals surface area (Å²) in [4.78, 5) is 22.9. The molecule has 80 valence electrons. The van der Waals surface area contributed by atoms with Gasteiger partial charge in [-0.25, -0.2) is 0 Å². The number of nitrogens with zero attached hydrogens (tertiary/aromatic N) is 2. The average molecular weight is 200 g/mol. The zero-order chi connectivity index (χ0) is 10.9. The van der Waals surface area contributed by atoms with Gasteiger partial charge in [0.25, 0.3) is 0 Å². The van der Waals surface area contributed by atoms with Gasteiger partial charge in [-0.3, -0.25) is 14.9 Å². The molecule has 3 atom stereocenters. The van der Waals surface area contributed by atoms with E-state index in [1.54, 1.807) is 4.90 Å². The van der Waals surface area contributed by atoms with Crippen molar-refractivity contribution >= 4 is 6.41 Å². The Bertz CT molecular complexity index is 242. The van der Waals surface area contributed by atoms with Gasteiger partial charge in [0, 0.05) is 17.4 Å². The number of nitro groups is 1. The summed E-state index contributed by atoms with van der Waals surface area (Å²) in [7, 11) is 0. The van der Waals surface area contributed by atoms with Gasteiger partial charge in [-0.05, 0) is 5.92 Å². The zero-order valence-electron chi connectivity index (χ0n) is 8.71. The minimum Gasteiger partial charge on any atom is -0.335 e. The molecule has 0 N–H and O–H groups in total. The molecule has 1 fully saturated rings. The second-order valence-corrected chi connectivity index (χ2v) is 4.29. The molecular formula is C9H16N2O3. The second-order valence-electron chi connectivity index (χ2n) is 4.29. The van der Waals surface area contributed by atoms with Crippen molar-refractivity contribution in [1.82, 2.24) is 4.90 Å². The first-order chi connectivity index (χ1) is 6.49. The van der Waals surface area contributed by atoms with Crippen molar-refractivity contribution in [2.45, 2.75) is 32.9 Å². The Hall–Kier alpha value is -1.13. The maximum absolute atomic E-state index is 10.9. The van der Waals surface area contributed by atoms with Crippen LogP contribution in [0.2, 0.25) is 0 Å². The lowest BCUT2D eigenvalue weighted by Crippen LogP contribution is -2.42. The van der Waals surface area contributed by atoms with Crippen LogP contribution in [-0.4, -0.2) is 34.9 Å². The van der Waals surface area contributed by atoms with Gasteiger partial charge in [0.15, 0.2) is 0 Å². The fraction of sp³-hybridized carbons (Fsp3) is 0.889. The third kappa shape index (κ3) is 1.71. The molecule has 0 aromatic rings. The molecule has 5 nitrogen and oxygen atoms in total. The number of carbonyl (C=O) groups is 1. The van der Waals surface area contributed by atoms with E-state index in [4.69, 9.17) is 0 Å². The topological polar surface area (TPSA) is 63.5 Å². The summed E-state index contributed by atoms with van der Waals surface area (Å²) < 4.78 is 0. The molecule has 0 saturated carbocycles. The number of rotatable bonds is 3. The summed E-state index contributed by atoms with van der Waals surface area (Å²) in [5.74, 6) is 0.0724. The Balaban J connectivity index is 2.91. The van der Waals surface area contributed by atoms with Crippen molar-refractivity contribution in [3.05, 3.63) is 10.1 Å². The fourth-order valence-electron chi connectivity index (χ4n) is 2.32. The molecule has 0 aromatic carbocycles. The van der Waals surface area contributed by atoms with Crippen molar-refractivity contribution in [3.8, 4) is 0 Å². The lowest BCUT2D eigenvalue weighted by molar-refractivity contribution is -0.532. The highest BCUT2D eigenvalue weighted by Gasteiger charge is 2.48. The van der Waals surface area contributed by atoms with E-state index in [-0.39, 0.29) is 22.8 Å². The molecule has 0 bridgehead atoms. The van der Waals surface area contributed by atoms with Gasteiger partial charge < -0.3 is 4.90 Å². The number of amides is 1. The summed E-state index contributed by atoms with van der Waals surface area (Å²) >= 11 is 0. The van der Waals surface area contributed by atoms with Crippen LogP contribution < -0.4 is 0 Å². The van der Waals surface area contributed by atoms with Crippen LogP contribution in [0.15, 0.2) is 0 Å². The van der Waals surface area contributed by atoms with Crippen LogP contribution in [0.1, 0.15) is 20.8 Å². The van der Waals surface area contributed by atoms with E-state index in [0.717, 1.165) is 6.41 Å². The van der Waals surface area contributed by atoms with Crippen LogP contribution in [0.5, 0.6) is 0 Å². The Morgan fingerprint density at radius 2 is 2.14 bits per heavy atom. The van der Waals surface area contributed by atoms with Gasteiger partial charge in [0.05, 0.1) is 0 Å². The lowest BCUT2D eigenvalue weighted by atomic mass is 9.93. The first kappa shape index (κ1) is 10.9. The molecular weight excluding hydrogens is 184 g/mol. The van der Waals surface area contributed by atoms with E-state index in [9.17, 15) is 14.9 Å². The third-order valence-electron chi connectivity index (χ3n) is 2.88. The summed E-state index contributed by atoms with van der Waals surface area (Å²) in [6, 6.07) is -0.863. The van der Waals surface area contributed by atoms with Gasteiger partial charge in [-0.15, -0.1) is 0 Å². The first-order valence-corrected chi connectivity index (χ1v) is 4.83. The SMILES string of the molecule is CC(C)[C@@H]1[C@H]([N+](=O)[O-])[C@@H](C)CN1C=O. The van der Waals surface area contributed by atoms with Crippen molar-refractivity contribution in [3.63, 3.8) is 0 Å². The maximum Gasteiger partial charge on any atom is 0.237 e. The summed E-state index contributed by atoms with van der Waals surface area (Å²) in [6.07, 6.45) is 0.727. The third-order valence-corrected chi connectivity index (χ3v) is 2.88. The summed E-state index contributed by atoms with van der Waals surface area (Å²) in [6.45, 7) is 6.15. The van der Waals surface area contributed by atoms with Gasteiger partial charge in [0.2, 0.25) is 12.5 Å². The summed E-state index contributed by atoms with van der Waals surface area (Å²) in [5, 5.41) is 10.9. The molecule has 1 aliphatic heterocycles. The predicted octanol–water partition coefficient (Wildman–Crippen LogP) is 0.764. The predicted molar refractivity (Wildman–Crippen MR) is 51.3 cm³/mol. The molecule has 0 aromatic heterocycles. The van der Waals surface area contributed by atoms with E-state index in [1.165, 1.54) is 0 Å². The number of hydrogen-bond acceptors (Lipinski definition) is 3. The van der Waals surface area contributed by atoms with Crippen LogP contribution in [0, 0.1) is 22.0 Å². The zero-order valence-corrected chi connectivity index (χ0v) is 8.71. The summed E-state index contributed by atoms with van der Waals surface area (Å²) in [5.41, 5.74) is 0. The largest absolute Gasteiger partial charge is 0.335 e. The molecule has 0 aliphatic carbocycles. The Morgan fingerprint density at radius 3 is 2.50 bits per heavy atom. The molecule has 0 radical (unpaired) electrons. The Morgan fingerprint density at radius 1 is 1.57 bits per heavy atom. The minimum atomic E-state index is -0.611. The van der Waals surface area contributed by atoms with Crippen LogP contribution in [-0.2, 0) is 4.79 Å². The van der Waals surface area contributed by atoms with Crippen molar-refractivity contribution < 1.29 is 9.72 Å². The molecule has 14 heavy (non-hydrogen) atoms. The standard InChI is InChI=1S/C9H16N2O3/c1-6(2)8-9(11(13)14)7(3)4-10(8)5-12/h5-9H,4H2,1-3H3/t7-,8+,9+/m0/s1. The van der Waals surface area contributed by atoms with Crippen LogP contribution in [0.4, 0.5) is 0 Å². The highest BCUT2D eigenvalue weighted by molar-refractivity contribution is 5.49. The molecule has 1 amide bonds. The van der Waals surface area contributed by atoms with Gasteiger partial charge in [-0.1, -0.05) is 20.8 Å². The maximum atomic E-state index is 10.9. The lowest BCUT2D eigenvalue weighted by Gasteiger charge is -2.24. The molecule has 5 heteroatoms. The Labute approximate surface area is 83.2 Å². The van der Waals surface area contributed by atoms with Crippen LogP contribution in [0.3, 0.4) is 0 Å². The Kier molecular flexibility index (Phi) is 3.08. The van der Waals surface area contributed by atoms with Gasteiger partial charge >= 0.3 is 0 Å². The van der Waals surface area contributed by atoms with Crippen molar-refractivity contribution in [2.75, 3.05) is 6.54 Å². The van der Waals surface area contributed by atoms with Gasteiger partial charge in [0.1, 0.15) is 6.04 Å². The molecule has 1 aliphatic rings. The molecule has 0 spiro atoms. The van der Waals surface area contributed by atoms with Crippen molar-refractivity contribution in [2.24, 2.45) is 11.8 Å². The fourth-order valence-corrected chi connectivity index (χ4v) is 2.32. The number of hydrogen-bond donors (Lipinski definition) is 0. The number of carbonyl (C=O) groups excluding carboxylic acids is 1. The molecule has 1 rings (SSSR count). The highest BCUT2D eigenvalue weighted by Crippen LogP contribution is 2.29. The quantitative estimate of drug-likeness (QED) is 0.384. The second kappa shape index (κ2) is 3.94. The van der Waals surface area contributed by atoms with E-state index in [2.05, 4.69) is 0 Å². The molecule has 1 heterocycles. The van der Waals surface area contributed by atoms with E-state index >= 15 is 0 Å². The van der Waals surface area contributed by atoms with Gasteiger partial charge in [-0.2, -0.15) is 0 Å². The average Bonchev–Trinajstić information content (AvgIpc) is 2.41. The molecule has 0 unspecified atom stereocenters. The van der Waals surface area contributed by atoms with E-state index in [0.29, 0.717) is 6.54 Å². The monoisotopic (exact) mass is 200 g/mol. The van der Waals surface area contributed by atoms with Crippen molar-refractivity contribution in [1.29, 1.82) is 0 Å².